The number of carbonyl (C=O) groups is 2. The smallest absolute Gasteiger partial charge is 0.181 e. The molecule has 24 heavy (non-hydrogen) atoms. The fraction of sp³-hybridized carbons (Fsp3) is 0.500. The zero-order valence-corrected chi connectivity index (χ0v) is 14.3. The van der Waals surface area contributed by atoms with Gasteiger partial charge in [-0.05, 0) is 51.0 Å². The van der Waals surface area contributed by atoms with E-state index in [0.717, 1.165) is 12.0 Å². The van der Waals surface area contributed by atoms with Crippen LogP contribution in [-0.4, -0.2) is 23.0 Å². The van der Waals surface area contributed by atoms with Gasteiger partial charge >= 0.3 is 0 Å². The van der Waals surface area contributed by atoms with E-state index >= 15 is 0 Å². The molecule has 0 aromatic carbocycles. The second-order valence-corrected chi connectivity index (χ2v) is 5.97. The number of unbranched alkanes of at least 4 members (excludes halogenated alkanes) is 1. The second kappa shape index (κ2) is 11.6. The Hall–Kier alpha value is -1.94. The van der Waals surface area contributed by atoms with Gasteiger partial charge in [-0.25, -0.2) is 0 Å². The van der Waals surface area contributed by atoms with E-state index < -0.39 is 12.1 Å². The van der Waals surface area contributed by atoms with Crippen LogP contribution in [0.4, 0.5) is 0 Å². The SMILES string of the molecule is CC/C=C\C[C@H](O)C/C=C1/C(=O)C=C[C@@H]1C/C=C\CCCC(=O)[O-]. The predicted octanol–water partition coefficient (Wildman–Crippen LogP) is 2.64. The van der Waals surface area contributed by atoms with E-state index in [-0.39, 0.29) is 18.1 Å². The Labute approximate surface area is 144 Å². The van der Waals surface area contributed by atoms with Crippen LogP contribution in [-0.2, 0) is 9.59 Å². The standard InChI is InChI=1S/C20H28O4/c1-2-3-6-10-17(21)13-14-18-16(12-15-19(18)22)9-7-4-5-8-11-20(23)24/h3-4,6-7,12,14-17,21H,2,5,8-11,13H2,1H3,(H,23,24)/p-1/b6-3-,7-4-,18-14+/t16-,17-/m0/s1. The van der Waals surface area contributed by atoms with Crippen molar-refractivity contribution in [2.45, 2.75) is 58.0 Å². The second-order valence-electron chi connectivity index (χ2n) is 5.97. The number of rotatable bonds is 11. The number of carboxylic acid groups (broad SMARTS) is 1. The average molecular weight is 331 g/mol. The quantitative estimate of drug-likeness (QED) is 0.359. The Morgan fingerprint density at radius 1 is 1.29 bits per heavy atom. The largest absolute Gasteiger partial charge is 0.550 e. The van der Waals surface area contributed by atoms with Crippen LogP contribution in [0.5, 0.6) is 0 Å². The molecule has 0 spiro atoms. The highest BCUT2D eigenvalue weighted by Crippen LogP contribution is 2.26. The molecule has 0 aromatic rings. The Morgan fingerprint density at radius 2 is 2.08 bits per heavy atom. The molecular weight excluding hydrogens is 304 g/mol. The Morgan fingerprint density at radius 3 is 2.79 bits per heavy atom. The van der Waals surface area contributed by atoms with Gasteiger partial charge in [-0.3, -0.25) is 4.79 Å². The van der Waals surface area contributed by atoms with Crippen molar-refractivity contribution in [3.8, 4) is 0 Å². The van der Waals surface area contributed by atoms with E-state index in [2.05, 4.69) is 0 Å². The van der Waals surface area contributed by atoms with Gasteiger partial charge < -0.3 is 15.0 Å². The van der Waals surface area contributed by atoms with Crippen molar-refractivity contribution in [3.05, 3.63) is 48.1 Å². The third-order valence-electron chi connectivity index (χ3n) is 3.89. The summed E-state index contributed by atoms with van der Waals surface area (Å²) in [5, 5.41) is 20.2. The number of aliphatic carboxylic acids is 1. The number of ketones is 1. The van der Waals surface area contributed by atoms with Gasteiger partial charge in [0.1, 0.15) is 0 Å². The van der Waals surface area contributed by atoms with E-state index in [1.807, 2.05) is 43.4 Å². The van der Waals surface area contributed by atoms with Crippen LogP contribution in [0.25, 0.3) is 0 Å². The first kappa shape index (κ1) is 20.1. The third kappa shape index (κ3) is 8.06. The van der Waals surface area contributed by atoms with Gasteiger partial charge in [0.2, 0.25) is 0 Å². The minimum atomic E-state index is -1.02. The first-order valence-corrected chi connectivity index (χ1v) is 8.65. The third-order valence-corrected chi connectivity index (χ3v) is 3.89. The number of hydrogen-bond donors (Lipinski definition) is 1. The van der Waals surface area contributed by atoms with Gasteiger partial charge in [-0.2, -0.15) is 0 Å². The molecule has 0 fully saturated rings. The molecule has 0 saturated carbocycles. The highest BCUT2D eigenvalue weighted by molar-refractivity contribution is 6.07. The maximum absolute atomic E-state index is 11.9. The Kier molecular flexibility index (Phi) is 9.70. The van der Waals surface area contributed by atoms with E-state index in [9.17, 15) is 19.8 Å². The summed E-state index contributed by atoms with van der Waals surface area (Å²) in [7, 11) is 0. The van der Waals surface area contributed by atoms with E-state index in [0.29, 0.717) is 32.1 Å². The number of hydrogen-bond acceptors (Lipinski definition) is 4. The lowest BCUT2D eigenvalue weighted by Crippen LogP contribution is -2.21. The molecule has 0 amide bonds. The van der Waals surface area contributed by atoms with Crippen molar-refractivity contribution >= 4 is 11.8 Å². The minimum absolute atomic E-state index is 0.0154. The number of allylic oxidation sites excluding steroid dienone is 6. The zero-order valence-electron chi connectivity index (χ0n) is 14.3. The fourth-order valence-electron chi connectivity index (χ4n) is 2.55. The molecule has 0 aromatic heterocycles. The molecule has 0 bridgehead atoms. The molecule has 0 heterocycles. The average Bonchev–Trinajstić information content (AvgIpc) is 2.89. The molecule has 0 unspecified atom stereocenters. The molecular formula is C20H27O4-. The number of carbonyl (C=O) groups excluding carboxylic acids is 2. The molecule has 1 N–H and O–H groups in total. The first-order valence-electron chi connectivity index (χ1n) is 8.65. The first-order chi connectivity index (χ1) is 11.5. The highest BCUT2D eigenvalue weighted by Gasteiger charge is 2.21. The van der Waals surface area contributed by atoms with E-state index in [1.165, 1.54) is 0 Å². The molecule has 0 aliphatic heterocycles. The molecule has 0 saturated heterocycles. The molecule has 1 aliphatic rings. The van der Waals surface area contributed by atoms with Crippen molar-refractivity contribution in [3.63, 3.8) is 0 Å². The lowest BCUT2D eigenvalue weighted by atomic mass is 9.96. The van der Waals surface area contributed by atoms with Crippen LogP contribution in [0, 0.1) is 5.92 Å². The van der Waals surface area contributed by atoms with Gasteiger partial charge in [0.25, 0.3) is 0 Å². The summed E-state index contributed by atoms with van der Waals surface area (Å²) in [6.45, 7) is 2.05. The van der Waals surface area contributed by atoms with Gasteiger partial charge in [-0.15, -0.1) is 0 Å². The number of aliphatic hydroxyl groups is 1. The Balaban J connectivity index is 2.43. The minimum Gasteiger partial charge on any atom is -0.550 e. The predicted molar refractivity (Wildman–Crippen MR) is 93.0 cm³/mol. The van der Waals surface area contributed by atoms with Crippen LogP contribution >= 0.6 is 0 Å². The summed E-state index contributed by atoms with van der Waals surface area (Å²) < 4.78 is 0. The maximum Gasteiger partial charge on any atom is 0.181 e. The summed E-state index contributed by atoms with van der Waals surface area (Å²) in [4.78, 5) is 22.2. The van der Waals surface area contributed by atoms with Crippen LogP contribution in [0.3, 0.4) is 0 Å². The monoisotopic (exact) mass is 331 g/mol. The van der Waals surface area contributed by atoms with Crippen LogP contribution in [0.2, 0.25) is 0 Å². The van der Waals surface area contributed by atoms with E-state index in [1.54, 1.807) is 6.08 Å². The lowest BCUT2D eigenvalue weighted by Gasteiger charge is -2.10. The van der Waals surface area contributed by atoms with Gasteiger partial charge in [-0.1, -0.05) is 43.4 Å². The molecule has 1 aliphatic carbocycles. The normalized spacial score (nSPS) is 20.7. The van der Waals surface area contributed by atoms with Crippen molar-refractivity contribution in [1.82, 2.24) is 0 Å². The molecule has 4 nitrogen and oxygen atoms in total. The number of aliphatic hydroxyl groups excluding tert-OH is 1. The number of carboxylic acids is 1. The van der Waals surface area contributed by atoms with Crippen molar-refractivity contribution in [1.29, 1.82) is 0 Å². The van der Waals surface area contributed by atoms with Crippen LogP contribution < -0.4 is 5.11 Å². The van der Waals surface area contributed by atoms with Crippen LogP contribution in [0.15, 0.2) is 48.1 Å². The summed E-state index contributed by atoms with van der Waals surface area (Å²) in [5.41, 5.74) is 0.743. The lowest BCUT2D eigenvalue weighted by molar-refractivity contribution is -0.305. The summed E-state index contributed by atoms with van der Waals surface area (Å²) >= 11 is 0. The van der Waals surface area contributed by atoms with Gasteiger partial charge in [0, 0.05) is 17.5 Å². The topological polar surface area (TPSA) is 77.4 Å². The summed E-state index contributed by atoms with van der Waals surface area (Å²) in [5.74, 6) is -0.958. The molecule has 0 radical (unpaired) electrons. The highest BCUT2D eigenvalue weighted by atomic mass is 16.4. The molecule has 132 valence electrons. The van der Waals surface area contributed by atoms with E-state index in [4.69, 9.17) is 0 Å². The zero-order chi connectivity index (χ0) is 17.8. The summed E-state index contributed by atoms with van der Waals surface area (Å²) in [6.07, 6.45) is 16.9. The molecule has 1 rings (SSSR count). The van der Waals surface area contributed by atoms with Gasteiger partial charge in [0.05, 0.1) is 6.10 Å². The van der Waals surface area contributed by atoms with Crippen molar-refractivity contribution in [2.24, 2.45) is 5.92 Å². The van der Waals surface area contributed by atoms with Gasteiger partial charge in [0.15, 0.2) is 5.78 Å². The molecule has 4 heteroatoms. The maximum atomic E-state index is 11.9. The fourth-order valence-corrected chi connectivity index (χ4v) is 2.55. The summed E-state index contributed by atoms with van der Waals surface area (Å²) in [6, 6.07) is 0. The van der Waals surface area contributed by atoms with Crippen LogP contribution in [0.1, 0.15) is 51.9 Å². The van der Waals surface area contributed by atoms with Crippen molar-refractivity contribution < 1.29 is 19.8 Å². The van der Waals surface area contributed by atoms with Crippen molar-refractivity contribution in [2.75, 3.05) is 0 Å². The Bertz CT molecular complexity index is 526. The molecule has 2 atom stereocenters.